The minimum atomic E-state index is 0.439. The van der Waals surface area contributed by atoms with Crippen LogP contribution in [0.25, 0.3) is 0 Å². The van der Waals surface area contributed by atoms with Crippen molar-refractivity contribution in [1.29, 1.82) is 0 Å². The standard InChI is InChI=1S/C17H28N2OS/c1-13(2)17(21-4)16(14-8-5-6-9-14)18-19-11-7-10-15(19)12-20-3/h5-6,8,13,15,17H,7,9-12H2,1-4H3/b18-16+. The van der Waals surface area contributed by atoms with E-state index in [0.717, 1.165) is 19.6 Å². The molecule has 1 fully saturated rings. The average Bonchev–Trinajstić information content (AvgIpc) is 3.10. The first-order valence-corrected chi connectivity index (χ1v) is 9.19. The molecule has 1 heterocycles. The van der Waals surface area contributed by atoms with Crippen molar-refractivity contribution in [2.24, 2.45) is 11.0 Å². The molecule has 3 nitrogen and oxygen atoms in total. The van der Waals surface area contributed by atoms with Crippen LogP contribution in [0.5, 0.6) is 0 Å². The zero-order valence-electron chi connectivity index (χ0n) is 13.7. The van der Waals surface area contributed by atoms with Gasteiger partial charge in [0.15, 0.2) is 0 Å². The van der Waals surface area contributed by atoms with Crippen molar-refractivity contribution in [3.05, 3.63) is 23.8 Å². The van der Waals surface area contributed by atoms with Crippen molar-refractivity contribution in [2.45, 2.75) is 44.4 Å². The highest BCUT2D eigenvalue weighted by Crippen LogP contribution is 2.28. The van der Waals surface area contributed by atoms with E-state index in [1.807, 2.05) is 11.8 Å². The van der Waals surface area contributed by atoms with E-state index in [1.165, 1.54) is 24.1 Å². The van der Waals surface area contributed by atoms with Crippen molar-refractivity contribution in [1.82, 2.24) is 5.01 Å². The van der Waals surface area contributed by atoms with E-state index < -0.39 is 0 Å². The molecule has 0 N–H and O–H groups in total. The molecule has 2 aliphatic rings. The largest absolute Gasteiger partial charge is 0.382 e. The first-order valence-electron chi connectivity index (χ1n) is 7.90. The summed E-state index contributed by atoms with van der Waals surface area (Å²) >= 11 is 1.91. The lowest BCUT2D eigenvalue weighted by Gasteiger charge is -2.27. The number of allylic oxidation sites excluding steroid dienone is 4. The molecule has 0 radical (unpaired) electrons. The van der Waals surface area contributed by atoms with E-state index in [4.69, 9.17) is 9.84 Å². The number of nitrogens with zero attached hydrogens (tertiary/aromatic N) is 2. The van der Waals surface area contributed by atoms with E-state index in [1.54, 1.807) is 7.11 Å². The predicted octanol–water partition coefficient (Wildman–Crippen LogP) is 3.73. The second-order valence-electron chi connectivity index (χ2n) is 6.12. The minimum Gasteiger partial charge on any atom is -0.382 e. The number of hydrazone groups is 1. The molecule has 4 heteroatoms. The molecule has 0 saturated carbocycles. The molecule has 0 spiro atoms. The van der Waals surface area contributed by atoms with Gasteiger partial charge in [0.2, 0.25) is 0 Å². The third kappa shape index (κ3) is 4.13. The molecule has 0 amide bonds. The third-order valence-electron chi connectivity index (χ3n) is 4.17. The molecule has 21 heavy (non-hydrogen) atoms. The van der Waals surface area contributed by atoms with Crippen LogP contribution in [0.15, 0.2) is 28.9 Å². The quantitative estimate of drug-likeness (QED) is 0.670. The molecular weight excluding hydrogens is 280 g/mol. The Kier molecular flexibility index (Phi) is 6.37. The van der Waals surface area contributed by atoms with Gasteiger partial charge in [-0.05, 0) is 37.0 Å². The van der Waals surface area contributed by atoms with Gasteiger partial charge in [0.25, 0.3) is 0 Å². The number of hydrogen-bond donors (Lipinski definition) is 0. The Hall–Kier alpha value is -0.740. The van der Waals surface area contributed by atoms with Crippen LogP contribution in [-0.4, -0.2) is 48.5 Å². The van der Waals surface area contributed by atoms with E-state index in [-0.39, 0.29) is 0 Å². The van der Waals surface area contributed by atoms with Crippen LogP contribution >= 0.6 is 11.8 Å². The SMILES string of the molecule is COCC1CCCN1/N=C(\C1=CC=CC1)C(SC)C(C)C. The summed E-state index contributed by atoms with van der Waals surface area (Å²) in [5.74, 6) is 0.587. The first kappa shape index (κ1) is 16.6. The number of hydrogen-bond acceptors (Lipinski definition) is 4. The second kappa shape index (κ2) is 8.04. The van der Waals surface area contributed by atoms with Crippen molar-refractivity contribution in [3.8, 4) is 0 Å². The van der Waals surface area contributed by atoms with E-state index in [0.29, 0.717) is 17.2 Å². The van der Waals surface area contributed by atoms with Gasteiger partial charge in [0, 0.05) is 13.7 Å². The minimum absolute atomic E-state index is 0.439. The second-order valence-corrected chi connectivity index (χ2v) is 7.10. The van der Waals surface area contributed by atoms with Crippen LogP contribution in [0, 0.1) is 5.92 Å². The fourth-order valence-electron chi connectivity index (χ4n) is 3.09. The summed E-state index contributed by atoms with van der Waals surface area (Å²) in [6.45, 7) is 6.41. The lowest BCUT2D eigenvalue weighted by Crippen LogP contribution is -2.33. The smallest absolute Gasteiger partial charge is 0.0772 e. The summed E-state index contributed by atoms with van der Waals surface area (Å²) in [4.78, 5) is 0. The van der Waals surface area contributed by atoms with E-state index >= 15 is 0 Å². The van der Waals surface area contributed by atoms with Crippen molar-refractivity contribution < 1.29 is 4.74 Å². The highest BCUT2D eigenvalue weighted by Gasteiger charge is 2.28. The van der Waals surface area contributed by atoms with Crippen LogP contribution in [0.2, 0.25) is 0 Å². The Bertz CT molecular complexity index is 429. The molecule has 0 aromatic carbocycles. The molecule has 0 aromatic heterocycles. The number of thioether (sulfide) groups is 1. The van der Waals surface area contributed by atoms with Gasteiger partial charge in [-0.25, -0.2) is 0 Å². The van der Waals surface area contributed by atoms with E-state index in [2.05, 4.69) is 43.3 Å². The highest BCUT2D eigenvalue weighted by atomic mass is 32.2. The molecule has 1 aliphatic carbocycles. The zero-order valence-corrected chi connectivity index (χ0v) is 14.5. The van der Waals surface area contributed by atoms with Gasteiger partial charge >= 0.3 is 0 Å². The first-order chi connectivity index (χ1) is 10.2. The van der Waals surface area contributed by atoms with Gasteiger partial charge in [-0.1, -0.05) is 32.1 Å². The van der Waals surface area contributed by atoms with Gasteiger partial charge in [-0.15, -0.1) is 0 Å². The maximum absolute atomic E-state index is 5.35. The molecule has 1 aliphatic heterocycles. The van der Waals surface area contributed by atoms with Gasteiger partial charge in [0.05, 0.1) is 23.6 Å². The van der Waals surface area contributed by atoms with Crippen LogP contribution in [0.4, 0.5) is 0 Å². The van der Waals surface area contributed by atoms with Crippen LogP contribution in [-0.2, 0) is 4.74 Å². The molecule has 1 saturated heterocycles. The van der Waals surface area contributed by atoms with Crippen LogP contribution < -0.4 is 0 Å². The fraction of sp³-hybridized carbons (Fsp3) is 0.706. The molecule has 2 rings (SSSR count). The number of methoxy groups -OCH3 is 1. The summed E-state index contributed by atoms with van der Waals surface area (Å²) in [6, 6.07) is 0.439. The Morgan fingerprint density at radius 3 is 2.90 bits per heavy atom. The third-order valence-corrected chi connectivity index (χ3v) is 5.45. The van der Waals surface area contributed by atoms with Crippen molar-refractivity contribution in [3.63, 3.8) is 0 Å². The van der Waals surface area contributed by atoms with Gasteiger partial charge in [-0.2, -0.15) is 16.9 Å². The molecule has 2 atom stereocenters. The molecule has 0 bridgehead atoms. The number of rotatable bonds is 7. The molecule has 2 unspecified atom stereocenters. The van der Waals surface area contributed by atoms with Crippen molar-refractivity contribution >= 4 is 17.5 Å². The summed E-state index contributed by atoms with van der Waals surface area (Å²) in [5, 5.41) is 7.82. The summed E-state index contributed by atoms with van der Waals surface area (Å²) < 4.78 is 5.35. The average molecular weight is 308 g/mol. The zero-order chi connectivity index (χ0) is 15.2. The van der Waals surface area contributed by atoms with Gasteiger partial charge in [-0.3, -0.25) is 5.01 Å². The maximum atomic E-state index is 5.35. The van der Waals surface area contributed by atoms with Crippen LogP contribution in [0.3, 0.4) is 0 Å². The Balaban J connectivity index is 2.23. The van der Waals surface area contributed by atoms with Gasteiger partial charge < -0.3 is 4.74 Å². The van der Waals surface area contributed by atoms with Gasteiger partial charge in [0.1, 0.15) is 0 Å². The summed E-state index contributed by atoms with van der Waals surface area (Å²) in [6.07, 6.45) is 12.2. The predicted molar refractivity (Wildman–Crippen MR) is 93.0 cm³/mol. The Morgan fingerprint density at radius 1 is 1.52 bits per heavy atom. The lowest BCUT2D eigenvalue weighted by atomic mass is 9.99. The van der Waals surface area contributed by atoms with Crippen molar-refractivity contribution in [2.75, 3.05) is 26.5 Å². The van der Waals surface area contributed by atoms with Crippen LogP contribution in [0.1, 0.15) is 33.1 Å². The molecule has 118 valence electrons. The summed E-state index contributed by atoms with van der Waals surface area (Å²) in [5.41, 5.74) is 2.65. The Morgan fingerprint density at radius 2 is 2.33 bits per heavy atom. The Labute approximate surface area is 133 Å². The topological polar surface area (TPSA) is 24.8 Å². The monoisotopic (exact) mass is 308 g/mol. The summed E-state index contributed by atoms with van der Waals surface area (Å²) in [7, 11) is 1.78. The molecule has 0 aromatic rings. The lowest BCUT2D eigenvalue weighted by molar-refractivity contribution is 0.118. The maximum Gasteiger partial charge on any atom is 0.0772 e. The fourth-order valence-corrected chi connectivity index (χ4v) is 4.06. The highest BCUT2D eigenvalue weighted by molar-refractivity contribution is 8.00. The molecular formula is C17H28N2OS. The number of ether oxygens (including phenoxy) is 1. The van der Waals surface area contributed by atoms with E-state index in [9.17, 15) is 0 Å². The normalized spacial score (nSPS) is 24.0.